The summed E-state index contributed by atoms with van der Waals surface area (Å²) in [7, 11) is 0. The highest BCUT2D eigenvalue weighted by Crippen LogP contribution is 2.17. The average molecular weight is 275 g/mol. The highest BCUT2D eigenvalue weighted by molar-refractivity contribution is 5.95. The molecule has 0 atom stereocenters. The zero-order chi connectivity index (χ0) is 14.7. The number of amides is 1. The van der Waals surface area contributed by atoms with Crippen LogP contribution in [-0.2, 0) is 6.54 Å². The van der Waals surface area contributed by atoms with E-state index in [-0.39, 0.29) is 17.8 Å². The molecule has 0 aliphatic heterocycles. The number of aryl methyl sites for hydroxylation is 1. The van der Waals surface area contributed by atoms with E-state index >= 15 is 0 Å². The number of nitrogens with zero attached hydrogens (tertiary/aromatic N) is 2. The number of hydrogen-bond acceptors (Lipinski definition) is 5. The van der Waals surface area contributed by atoms with E-state index in [1.54, 1.807) is 13.0 Å². The fourth-order valence-corrected chi connectivity index (χ4v) is 1.74. The minimum atomic E-state index is -0.530. The zero-order valence-corrected chi connectivity index (χ0v) is 10.7. The number of hydrogen-bond donors (Lipinski definition) is 3. The molecule has 1 aromatic heterocycles. The fourth-order valence-electron chi connectivity index (χ4n) is 1.74. The van der Waals surface area contributed by atoms with Gasteiger partial charge in [0.25, 0.3) is 11.6 Å². The number of aromatic amines is 1. The molecule has 4 N–H and O–H groups in total. The van der Waals surface area contributed by atoms with Crippen LogP contribution in [0.25, 0.3) is 0 Å². The second-order valence-corrected chi connectivity index (χ2v) is 4.31. The van der Waals surface area contributed by atoms with Gasteiger partial charge in [0.15, 0.2) is 0 Å². The molecule has 0 saturated heterocycles. The fraction of sp³-hybridized carbons (Fsp3) is 0.167. The summed E-state index contributed by atoms with van der Waals surface area (Å²) in [5, 5.41) is 19.7. The van der Waals surface area contributed by atoms with Crippen LogP contribution in [0.15, 0.2) is 24.4 Å². The molecule has 0 fully saturated rings. The van der Waals surface area contributed by atoms with Gasteiger partial charge in [0.2, 0.25) is 0 Å². The van der Waals surface area contributed by atoms with Crippen LogP contribution < -0.4 is 11.1 Å². The molecule has 0 bridgehead atoms. The van der Waals surface area contributed by atoms with Crippen molar-refractivity contribution in [1.82, 2.24) is 15.5 Å². The van der Waals surface area contributed by atoms with Crippen LogP contribution in [-0.4, -0.2) is 21.0 Å². The largest absolute Gasteiger partial charge is 0.384 e. The Balaban J connectivity index is 2.13. The summed E-state index contributed by atoms with van der Waals surface area (Å²) in [6.07, 6.45) is 1.51. The summed E-state index contributed by atoms with van der Waals surface area (Å²) in [5.74, 6) is -0.0297. The van der Waals surface area contributed by atoms with Crippen molar-refractivity contribution < 1.29 is 9.72 Å². The highest BCUT2D eigenvalue weighted by atomic mass is 16.6. The number of nitrogens with two attached hydrogens (primary N) is 1. The predicted molar refractivity (Wildman–Crippen MR) is 72.0 cm³/mol. The number of anilines is 1. The van der Waals surface area contributed by atoms with Crippen LogP contribution in [0.3, 0.4) is 0 Å². The molecule has 0 aliphatic rings. The third-order valence-corrected chi connectivity index (χ3v) is 2.73. The Morgan fingerprint density at radius 2 is 2.25 bits per heavy atom. The molecule has 2 aromatic rings. The van der Waals surface area contributed by atoms with Gasteiger partial charge in [-0.05, 0) is 18.6 Å². The smallest absolute Gasteiger partial charge is 0.270 e. The molecule has 1 aromatic carbocycles. The second-order valence-electron chi connectivity index (χ2n) is 4.31. The van der Waals surface area contributed by atoms with Gasteiger partial charge in [0.05, 0.1) is 11.1 Å². The van der Waals surface area contributed by atoms with Crippen LogP contribution in [0.1, 0.15) is 21.5 Å². The number of benzene rings is 1. The van der Waals surface area contributed by atoms with Crippen molar-refractivity contribution >= 4 is 17.4 Å². The number of carbonyl (C=O) groups excluding carboxylic acids is 1. The number of H-pyrrole nitrogens is 1. The first kappa shape index (κ1) is 13.5. The van der Waals surface area contributed by atoms with Gasteiger partial charge >= 0.3 is 0 Å². The summed E-state index contributed by atoms with van der Waals surface area (Å²) in [6.45, 7) is 1.89. The Bertz CT molecular complexity index is 665. The topological polar surface area (TPSA) is 127 Å². The summed E-state index contributed by atoms with van der Waals surface area (Å²) in [6, 6.07) is 4.23. The number of nitro groups is 1. The second kappa shape index (κ2) is 5.39. The number of nitro benzene ring substituents is 1. The molecule has 104 valence electrons. The lowest BCUT2D eigenvalue weighted by Crippen LogP contribution is -2.23. The maximum absolute atomic E-state index is 12.0. The molecule has 8 nitrogen and oxygen atoms in total. The molecule has 20 heavy (non-hydrogen) atoms. The first-order valence-corrected chi connectivity index (χ1v) is 5.79. The van der Waals surface area contributed by atoms with Crippen molar-refractivity contribution in [1.29, 1.82) is 0 Å². The Labute approximate surface area is 114 Å². The normalized spacial score (nSPS) is 10.2. The number of aromatic nitrogens is 2. The minimum absolute atomic E-state index is 0.113. The summed E-state index contributed by atoms with van der Waals surface area (Å²) >= 11 is 0. The lowest BCUT2D eigenvalue weighted by molar-refractivity contribution is -0.384. The maximum atomic E-state index is 12.0. The van der Waals surface area contributed by atoms with Crippen LogP contribution in [0.4, 0.5) is 11.5 Å². The molecule has 1 heterocycles. The van der Waals surface area contributed by atoms with Crippen molar-refractivity contribution in [2.45, 2.75) is 13.5 Å². The highest BCUT2D eigenvalue weighted by Gasteiger charge is 2.13. The third kappa shape index (κ3) is 2.91. The van der Waals surface area contributed by atoms with E-state index in [1.165, 1.54) is 18.3 Å². The predicted octanol–water partition coefficient (Wildman–Crippen LogP) is 1.14. The van der Waals surface area contributed by atoms with E-state index in [4.69, 9.17) is 5.73 Å². The van der Waals surface area contributed by atoms with E-state index in [9.17, 15) is 14.9 Å². The Kier molecular flexibility index (Phi) is 3.65. The lowest BCUT2D eigenvalue weighted by Gasteiger charge is -2.05. The van der Waals surface area contributed by atoms with Gasteiger partial charge in [-0.25, -0.2) is 0 Å². The van der Waals surface area contributed by atoms with E-state index in [0.717, 1.165) is 0 Å². The summed E-state index contributed by atoms with van der Waals surface area (Å²) < 4.78 is 0. The van der Waals surface area contributed by atoms with E-state index in [0.29, 0.717) is 16.9 Å². The molecule has 1 amide bonds. The van der Waals surface area contributed by atoms with E-state index < -0.39 is 10.8 Å². The molecule has 2 rings (SSSR count). The van der Waals surface area contributed by atoms with Crippen molar-refractivity contribution in [3.63, 3.8) is 0 Å². The Morgan fingerprint density at radius 1 is 1.50 bits per heavy atom. The molecular weight excluding hydrogens is 262 g/mol. The molecular formula is C12H13N5O3. The van der Waals surface area contributed by atoms with Gasteiger partial charge in [-0.15, -0.1) is 0 Å². The van der Waals surface area contributed by atoms with Gasteiger partial charge in [0.1, 0.15) is 5.82 Å². The first-order chi connectivity index (χ1) is 9.47. The van der Waals surface area contributed by atoms with Crippen molar-refractivity contribution in [2.24, 2.45) is 0 Å². The van der Waals surface area contributed by atoms with Crippen LogP contribution in [0, 0.1) is 17.0 Å². The number of carbonyl (C=O) groups is 1. The van der Waals surface area contributed by atoms with Crippen molar-refractivity contribution in [3.8, 4) is 0 Å². The standard InChI is InChI=1S/C12H13N5O3/c1-7-2-8(4-10(3-7)17(19)20)12(18)14-5-9-6-15-16-11(9)13/h2-4,6H,5H2,1H3,(H,14,18)(H3,13,15,16). The molecule has 0 unspecified atom stereocenters. The van der Waals surface area contributed by atoms with Gasteiger partial charge in [-0.3, -0.25) is 20.0 Å². The summed E-state index contributed by atoms with van der Waals surface area (Å²) in [4.78, 5) is 22.2. The first-order valence-electron chi connectivity index (χ1n) is 5.79. The maximum Gasteiger partial charge on any atom is 0.270 e. The molecule has 0 radical (unpaired) electrons. The minimum Gasteiger partial charge on any atom is -0.384 e. The van der Waals surface area contributed by atoms with Crippen LogP contribution >= 0.6 is 0 Å². The Hall–Kier alpha value is -2.90. The quantitative estimate of drug-likeness (QED) is 0.569. The molecule has 0 aliphatic carbocycles. The third-order valence-electron chi connectivity index (χ3n) is 2.73. The number of non-ortho nitro benzene ring substituents is 1. The molecule has 8 heteroatoms. The van der Waals surface area contributed by atoms with Gasteiger partial charge in [-0.1, -0.05) is 0 Å². The lowest BCUT2D eigenvalue weighted by atomic mass is 10.1. The van der Waals surface area contributed by atoms with Gasteiger partial charge in [-0.2, -0.15) is 5.10 Å². The SMILES string of the molecule is Cc1cc(C(=O)NCc2cn[nH]c2N)cc([N+](=O)[O-])c1. The van der Waals surface area contributed by atoms with Crippen molar-refractivity contribution in [3.05, 3.63) is 51.2 Å². The zero-order valence-electron chi connectivity index (χ0n) is 10.7. The number of rotatable bonds is 4. The summed E-state index contributed by atoms with van der Waals surface area (Å²) in [5.41, 5.74) is 7.02. The van der Waals surface area contributed by atoms with Gasteiger partial charge in [0, 0.05) is 29.8 Å². The van der Waals surface area contributed by atoms with Crippen LogP contribution in [0.5, 0.6) is 0 Å². The van der Waals surface area contributed by atoms with Gasteiger partial charge < -0.3 is 11.1 Å². The van der Waals surface area contributed by atoms with Crippen molar-refractivity contribution in [2.75, 3.05) is 5.73 Å². The van der Waals surface area contributed by atoms with E-state index in [2.05, 4.69) is 15.5 Å². The molecule has 0 saturated carbocycles. The Morgan fingerprint density at radius 3 is 2.85 bits per heavy atom. The average Bonchev–Trinajstić information content (AvgIpc) is 2.80. The monoisotopic (exact) mass is 275 g/mol. The number of nitrogens with one attached hydrogen (secondary N) is 2. The van der Waals surface area contributed by atoms with E-state index in [1.807, 2.05) is 0 Å². The number of nitrogen functional groups attached to an aromatic ring is 1. The molecule has 0 spiro atoms. The van der Waals surface area contributed by atoms with Crippen LogP contribution in [0.2, 0.25) is 0 Å².